The highest BCUT2D eigenvalue weighted by atomic mass is 16.2. The highest BCUT2D eigenvalue weighted by Gasteiger charge is 2.21. The van der Waals surface area contributed by atoms with Crippen LogP contribution < -0.4 is 11.1 Å². The molecule has 2 aromatic rings. The summed E-state index contributed by atoms with van der Waals surface area (Å²) < 4.78 is 0. The summed E-state index contributed by atoms with van der Waals surface area (Å²) in [4.78, 5) is 24.6. The van der Waals surface area contributed by atoms with Crippen LogP contribution in [0.2, 0.25) is 0 Å². The molecule has 0 aliphatic rings. The molecule has 4 heteroatoms. The number of nitrogens with one attached hydrogen (secondary N) is 1. The van der Waals surface area contributed by atoms with E-state index in [1.807, 2.05) is 13.0 Å². The normalized spacial score (nSPS) is 11.7. The van der Waals surface area contributed by atoms with Crippen LogP contribution in [0.15, 0.2) is 54.6 Å². The number of benzene rings is 2. The Balaban J connectivity index is 2.15. The number of nitrogens with two attached hydrogens (primary N) is 1. The highest BCUT2D eigenvalue weighted by molar-refractivity contribution is 6.05. The first-order chi connectivity index (χ1) is 10.1. The molecular weight excluding hydrogens is 264 g/mol. The summed E-state index contributed by atoms with van der Waals surface area (Å²) >= 11 is 0. The average molecular weight is 282 g/mol. The van der Waals surface area contributed by atoms with Crippen molar-refractivity contribution < 1.29 is 9.59 Å². The van der Waals surface area contributed by atoms with E-state index in [-0.39, 0.29) is 11.7 Å². The van der Waals surface area contributed by atoms with Gasteiger partial charge in [-0.25, -0.2) is 0 Å². The molecule has 0 fully saturated rings. The molecule has 1 atom stereocenters. The van der Waals surface area contributed by atoms with Crippen molar-refractivity contribution in [2.75, 3.05) is 5.73 Å². The van der Waals surface area contributed by atoms with Crippen molar-refractivity contribution >= 4 is 17.4 Å². The van der Waals surface area contributed by atoms with Crippen molar-refractivity contribution in [2.45, 2.75) is 19.4 Å². The predicted octanol–water partition coefficient (Wildman–Crippen LogP) is 2.66. The number of hydrogen-bond acceptors (Lipinski definition) is 3. The third-order valence-corrected chi connectivity index (χ3v) is 3.29. The van der Waals surface area contributed by atoms with Crippen LogP contribution in [-0.2, 0) is 0 Å². The maximum Gasteiger partial charge on any atom is 0.253 e. The van der Waals surface area contributed by atoms with E-state index in [1.165, 1.54) is 0 Å². The maximum absolute atomic E-state index is 12.4. The van der Waals surface area contributed by atoms with E-state index in [9.17, 15) is 9.59 Å². The SMILES string of the molecule is CCC(NC(=O)c1ccccc1N)C(=O)c1ccccc1. The Morgan fingerprint density at radius 3 is 2.29 bits per heavy atom. The second-order valence-corrected chi connectivity index (χ2v) is 4.75. The first-order valence-electron chi connectivity index (χ1n) is 6.88. The molecule has 0 saturated carbocycles. The number of carbonyl (C=O) groups excluding carboxylic acids is 2. The summed E-state index contributed by atoms with van der Waals surface area (Å²) in [6.45, 7) is 1.86. The molecule has 0 heterocycles. The number of para-hydroxylation sites is 1. The average Bonchev–Trinajstić information content (AvgIpc) is 2.53. The minimum absolute atomic E-state index is 0.0963. The van der Waals surface area contributed by atoms with Gasteiger partial charge in [-0.05, 0) is 18.6 Å². The summed E-state index contributed by atoms with van der Waals surface area (Å²) in [6, 6.07) is 15.2. The Morgan fingerprint density at radius 1 is 1.05 bits per heavy atom. The number of rotatable bonds is 5. The van der Waals surface area contributed by atoms with E-state index in [0.717, 1.165) is 0 Å². The molecule has 0 saturated heterocycles. The molecule has 3 N–H and O–H groups in total. The fraction of sp³-hybridized carbons (Fsp3) is 0.176. The van der Waals surface area contributed by atoms with Crippen molar-refractivity contribution in [2.24, 2.45) is 0 Å². The fourth-order valence-electron chi connectivity index (χ4n) is 2.10. The summed E-state index contributed by atoms with van der Waals surface area (Å²) in [5, 5.41) is 2.75. The number of nitrogen functional groups attached to an aromatic ring is 1. The summed E-state index contributed by atoms with van der Waals surface area (Å²) in [5.41, 5.74) is 7.15. The van der Waals surface area contributed by atoms with E-state index in [2.05, 4.69) is 5.32 Å². The van der Waals surface area contributed by atoms with Crippen molar-refractivity contribution in [1.82, 2.24) is 5.32 Å². The summed E-state index contributed by atoms with van der Waals surface area (Å²) in [5.74, 6) is -0.426. The van der Waals surface area contributed by atoms with Gasteiger partial charge in [-0.1, -0.05) is 49.4 Å². The maximum atomic E-state index is 12.4. The lowest BCUT2D eigenvalue weighted by molar-refractivity contribution is 0.0855. The molecule has 2 rings (SSSR count). The van der Waals surface area contributed by atoms with Gasteiger partial charge in [0.1, 0.15) is 0 Å². The van der Waals surface area contributed by atoms with Gasteiger partial charge in [-0.15, -0.1) is 0 Å². The van der Waals surface area contributed by atoms with Crippen LogP contribution in [0.4, 0.5) is 5.69 Å². The third-order valence-electron chi connectivity index (χ3n) is 3.29. The molecule has 0 aromatic heterocycles. The van der Waals surface area contributed by atoms with Crippen LogP contribution in [0.3, 0.4) is 0 Å². The largest absolute Gasteiger partial charge is 0.398 e. The number of anilines is 1. The predicted molar refractivity (Wildman–Crippen MR) is 83.2 cm³/mol. The van der Waals surface area contributed by atoms with Gasteiger partial charge < -0.3 is 11.1 Å². The molecule has 0 aliphatic heterocycles. The minimum Gasteiger partial charge on any atom is -0.398 e. The lowest BCUT2D eigenvalue weighted by Gasteiger charge is -2.16. The van der Waals surface area contributed by atoms with Crippen molar-refractivity contribution in [1.29, 1.82) is 0 Å². The smallest absolute Gasteiger partial charge is 0.253 e. The molecule has 0 aliphatic carbocycles. The molecule has 1 unspecified atom stereocenters. The fourth-order valence-corrected chi connectivity index (χ4v) is 2.10. The van der Waals surface area contributed by atoms with Gasteiger partial charge in [-0.3, -0.25) is 9.59 Å². The highest BCUT2D eigenvalue weighted by Crippen LogP contribution is 2.12. The molecular formula is C17H18N2O2. The van der Waals surface area contributed by atoms with Crippen molar-refractivity contribution in [3.63, 3.8) is 0 Å². The monoisotopic (exact) mass is 282 g/mol. The number of Topliss-reactive ketones (excluding diaryl/α,β-unsaturated/α-hetero) is 1. The van der Waals surface area contributed by atoms with Gasteiger partial charge >= 0.3 is 0 Å². The Labute approximate surface area is 124 Å². The molecule has 2 aromatic carbocycles. The zero-order valence-corrected chi connectivity index (χ0v) is 11.9. The first-order valence-corrected chi connectivity index (χ1v) is 6.88. The van der Waals surface area contributed by atoms with Crippen LogP contribution >= 0.6 is 0 Å². The van der Waals surface area contributed by atoms with Crippen LogP contribution in [-0.4, -0.2) is 17.7 Å². The standard InChI is InChI=1S/C17H18N2O2/c1-2-15(16(20)12-8-4-3-5-9-12)19-17(21)13-10-6-7-11-14(13)18/h3-11,15H,2,18H2,1H3,(H,19,21). The van der Waals surface area contributed by atoms with Gasteiger partial charge in [0, 0.05) is 11.3 Å². The molecule has 0 radical (unpaired) electrons. The van der Waals surface area contributed by atoms with Gasteiger partial charge in [0.25, 0.3) is 5.91 Å². The van der Waals surface area contributed by atoms with Gasteiger partial charge in [-0.2, -0.15) is 0 Å². The molecule has 21 heavy (non-hydrogen) atoms. The first kappa shape index (κ1) is 14.8. The zero-order chi connectivity index (χ0) is 15.2. The van der Waals surface area contributed by atoms with E-state index >= 15 is 0 Å². The lowest BCUT2D eigenvalue weighted by atomic mass is 10.0. The number of carbonyl (C=O) groups is 2. The van der Waals surface area contributed by atoms with E-state index < -0.39 is 6.04 Å². The topological polar surface area (TPSA) is 72.2 Å². The molecule has 108 valence electrons. The van der Waals surface area contributed by atoms with Crippen molar-refractivity contribution in [3.8, 4) is 0 Å². The Kier molecular flexibility index (Phi) is 4.72. The number of ketones is 1. The molecule has 1 amide bonds. The van der Waals surface area contributed by atoms with Crippen LogP contribution in [0.25, 0.3) is 0 Å². The Bertz CT molecular complexity index is 638. The van der Waals surface area contributed by atoms with E-state index in [0.29, 0.717) is 23.2 Å². The molecule has 0 bridgehead atoms. The summed E-state index contributed by atoms with van der Waals surface area (Å²) in [6.07, 6.45) is 0.520. The Morgan fingerprint density at radius 2 is 1.67 bits per heavy atom. The third kappa shape index (κ3) is 3.48. The second-order valence-electron chi connectivity index (χ2n) is 4.75. The van der Waals surface area contributed by atoms with E-state index in [4.69, 9.17) is 5.73 Å². The van der Waals surface area contributed by atoms with E-state index in [1.54, 1.807) is 48.5 Å². The van der Waals surface area contributed by atoms with Crippen LogP contribution in [0, 0.1) is 0 Å². The van der Waals surface area contributed by atoms with Gasteiger partial charge in [0.15, 0.2) is 5.78 Å². The van der Waals surface area contributed by atoms with Crippen molar-refractivity contribution in [3.05, 3.63) is 65.7 Å². The quantitative estimate of drug-likeness (QED) is 0.654. The van der Waals surface area contributed by atoms with Crippen LogP contribution in [0.1, 0.15) is 34.1 Å². The number of amides is 1. The minimum atomic E-state index is -0.556. The Hall–Kier alpha value is -2.62. The van der Waals surface area contributed by atoms with Gasteiger partial charge in [0.05, 0.1) is 11.6 Å². The second kappa shape index (κ2) is 6.70. The van der Waals surface area contributed by atoms with Gasteiger partial charge in [0.2, 0.25) is 0 Å². The zero-order valence-electron chi connectivity index (χ0n) is 11.9. The van der Waals surface area contributed by atoms with Crippen LogP contribution in [0.5, 0.6) is 0 Å². The lowest BCUT2D eigenvalue weighted by Crippen LogP contribution is -2.40. The molecule has 4 nitrogen and oxygen atoms in total. The molecule has 0 spiro atoms. The summed E-state index contributed by atoms with van der Waals surface area (Å²) in [7, 11) is 0. The number of hydrogen-bond donors (Lipinski definition) is 2.